The van der Waals surface area contributed by atoms with E-state index in [1.54, 1.807) is 9.80 Å². The first-order valence-electron chi connectivity index (χ1n) is 9.83. The number of carbonyl (C=O) groups is 2. The molecular weight excluding hydrogens is 394 g/mol. The Balaban J connectivity index is 1.55. The number of anilines is 1. The Kier molecular flexibility index (Phi) is 4.38. The Labute approximate surface area is 171 Å². The first-order chi connectivity index (χ1) is 14.0. The molecule has 29 heavy (non-hydrogen) atoms. The van der Waals surface area contributed by atoms with E-state index >= 15 is 0 Å². The van der Waals surface area contributed by atoms with E-state index in [1.807, 2.05) is 24.3 Å². The van der Waals surface area contributed by atoms with Crippen LogP contribution >= 0.6 is 11.8 Å². The molecule has 5 rings (SSSR count). The third kappa shape index (κ3) is 2.70. The molecule has 2 aromatic rings. The van der Waals surface area contributed by atoms with Gasteiger partial charge in [-0.05, 0) is 36.6 Å². The molecule has 1 saturated heterocycles. The van der Waals surface area contributed by atoms with E-state index in [9.17, 15) is 18.4 Å². The number of amides is 2. The molecule has 1 spiro atoms. The third-order valence-electron chi connectivity index (χ3n) is 6.15. The second-order valence-corrected chi connectivity index (χ2v) is 9.05. The molecule has 7 heteroatoms. The van der Waals surface area contributed by atoms with Gasteiger partial charge in [-0.3, -0.25) is 9.59 Å². The van der Waals surface area contributed by atoms with Crippen molar-refractivity contribution in [3.63, 3.8) is 0 Å². The monoisotopic (exact) mass is 414 g/mol. The fourth-order valence-corrected chi connectivity index (χ4v) is 5.91. The standard InChI is InChI=1S/C22H20F2N2O2S/c23-17-9-8-14(12-18(17)24)13-25-19-7-2-1-6-16(19)22(21(25)28)26(10-11-29-22)20(27)15-4-3-5-15/h1-2,6-9,12,15H,3-5,10-11,13H2/t22-/m0/s1. The van der Waals surface area contributed by atoms with Gasteiger partial charge in [-0.1, -0.05) is 30.7 Å². The average molecular weight is 414 g/mol. The number of nitrogens with zero attached hydrogens (tertiary/aromatic N) is 2. The van der Waals surface area contributed by atoms with Crippen LogP contribution in [0.3, 0.4) is 0 Å². The number of benzene rings is 2. The maximum atomic E-state index is 13.7. The van der Waals surface area contributed by atoms with Crippen molar-refractivity contribution < 1.29 is 18.4 Å². The summed E-state index contributed by atoms with van der Waals surface area (Å²) in [5.41, 5.74) is 2.04. The van der Waals surface area contributed by atoms with Crippen LogP contribution < -0.4 is 4.90 Å². The second-order valence-electron chi connectivity index (χ2n) is 7.77. The molecule has 1 saturated carbocycles. The van der Waals surface area contributed by atoms with Gasteiger partial charge in [0.2, 0.25) is 5.91 Å². The van der Waals surface area contributed by atoms with Crippen molar-refractivity contribution in [2.45, 2.75) is 30.7 Å². The van der Waals surface area contributed by atoms with Gasteiger partial charge >= 0.3 is 0 Å². The van der Waals surface area contributed by atoms with Crippen LogP contribution in [-0.4, -0.2) is 29.0 Å². The van der Waals surface area contributed by atoms with Crippen molar-refractivity contribution in [1.82, 2.24) is 4.90 Å². The van der Waals surface area contributed by atoms with Crippen molar-refractivity contribution in [2.75, 3.05) is 17.2 Å². The van der Waals surface area contributed by atoms with Crippen LogP contribution in [0.15, 0.2) is 42.5 Å². The van der Waals surface area contributed by atoms with Gasteiger partial charge in [-0.15, -0.1) is 11.8 Å². The molecule has 0 bridgehead atoms. The Morgan fingerprint density at radius 3 is 2.66 bits per heavy atom. The van der Waals surface area contributed by atoms with Crippen LogP contribution in [0.2, 0.25) is 0 Å². The third-order valence-corrected chi connectivity index (χ3v) is 7.57. The minimum atomic E-state index is -1.05. The van der Waals surface area contributed by atoms with Crippen molar-refractivity contribution in [3.8, 4) is 0 Å². The molecule has 3 aliphatic rings. The lowest BCUT2D eigenvalue weighted by atomic mass is 9.84. The average Bonchev–Trinajstić information content (AvgIpc) is 3.21. The molecular formula is C22H20F2N2O2S. The van der Waals surface area contributed by atoms with Crippen LogP contribution in [0.5, 0.6) is 0 Å². The van der Waals surface area contributed by atoms with E-state index in [4.69, 9.17) is 0 Å². The molecule has 150 valence electrons. The van der Waals surface area contributed by atoms with Gasteiger partial charge < -0.3 is 9.80 Å². The van der Waals surface area contributed by atoms with Gasteiger partial charge in [0, 0.05) is 23.8 Å². The summed E-state index contributed by atoms with van der Waals surface area (Å²) in [6, 6.07) is 11.2. The topological polar surface area (TPSA) is 40.6 Å². The zero-order valence-corrected chi connectivity index (χ0v) is 16.6. The molecule has 0 aromatic heterocycles. The molecule has 2 aromatic carbocycles. The van der Waals surface area contributed by atoms with Crippen molar-refractivity contribution in [2.24, 2.45) is 5.92 Å². The van der Waals surface area contributed by atoms with Crippen molar-refractivity contribution in [3.05, 3.63) is 65.2 Å². The molecule has 2 amide bonds. The highest BCUT2D eigenvalue weighted by Gasteiger charge is 2.60. The summed E-state index contributed by atoms with van der Waals surface area (Å²) in [5.74, 6) is -1.28. The van der Waals surface area contributed by atoms with E-state index in [-0.39, 0.29) is 24.3 Å². The van der Waals surface area contributed by atoms with E-state index in [0.717, 1.165) is 42.6 Å². The first-order valence-corrected chi connectivity index (χ1v) is 10.8. The number of thioether (sulfide) groups is 1. The minimum Gasteiger partial charge on any atom is -0.315 e. The van der Waals surface area contributed by atoms with Gasteiger partial charge in [0.1, 0.15) is 0 Å². The number of hydrogen-bond acceptors (Lipinski definition) is 3. The van der Waals surface area contributed by atoms with E-state index in [2.05, 4.69) is 0 Å². The van der Waals surface area contributed by atoms with E-state index < -0.39 is 16.5 Å². The highest BCUT2D eigenvalue weighted by Crippen LogP contribution is 2.55. The van der Waals surface area contributed by atoms with Gasteiger partial charge in [0.25, 0.3) is 5.91 Å². The molecule has 1 atom stereocenters. The van der Waals surface area contributed by atoms with Gasteiger partial charge in [0.05, 0.1) is 12.2 Å². The SMILES string of the molecule is O=C(C1CCC1)N1CCS[C@@]12C(=O)N(Cc1ccc(F)c(F)c1)c1ccccc12. The fourth-order valence-electron chi connectivity index (χ4n) is 4.44. The maximum absolute atomic E-state index is 13.7. The van der Waals surface area contributed by atoms with Crippen LogP contribution in [0.4, 0.5) is 14.5 Å². The lowest BCUT2D eigenvalue weighted by molar-refractivity contribution is -0.145. The molecule has 4 nitrogen and oxygen atoms in total. The fraction of sp³-hybridized carbons (Fsp3) is 0.364. The van der Waals surface area contributed by atoms with Crippen LogP contribution in [-0.2, 0) is 21.0 Å². The highest BCUT2D eigenvalue weighted by molar-refractivity contribution is 8.01. The number of rotatable bonds is 3. The number of para-hydroxylation sites is 1. The smallest absolute Gasteiger partial charge is 0.268 e. The molecule has 1 aliphatic carbocycles. The summed E-state index contributed by atoms with van der Waals surface area (Å²) < 4.78 is 27.0. The maximum Gasteiger partial charge on any atom is 0.268 e. The van der Waals surface area contributed by atoms with Crippen LogP contribution in [0.25, 0.3) is 0 Å². The molecule has 0 radical (unpaired) electrons. The van der Waals surface area contributed by atoms with Gasteiger partial charge in [-0.25, -0.2) is 8.78 Å². The molecule has 2 aliphatic heterocycles. The molecule has 0 unspecified atom stereocenters. The molecule has 2 fully saturated rings. The predicted molar refractivity (Wildman–Crippen MR) is 107 cm³/mol. The largest absolute Gasteiger partial charge is 0.315 e. The number of fused-ring (bicyclic) bond motifs is 2. The summed E-state index contributed by atoms with van der Waals surface area (Å²) in [5, 5.41) is 0. The molecule has 0 N–H and O–H groups in total. The number of halogens is 2. The normalized spacial score (nSPS) is 23.6. The van der Waals surface area contributed by atoms with Crippen LogP contribution in [0.1, 0.15) is 30.4 Å². The Morgan fingerprint density at radius 2 is 1.93 bits per heavy atom. The summed E-state index contributed by atoms with van der Waals surface area (Å²) in [6.45, 7) is 0.667. The van der Waals surface area contributed by atoms with E-state index in [1.165, 1.54) is 17.8 Å². The predicted octanol–water partition coefficient (Wildman–Crippen LogP) is 4.04. The van der Waals surface area contributed by atoms with Crippen LogP contribution in [0, 0.1) is 17.6 Å². The first kappa shape index (κ1) is 18.6. The molecule has 2 heterocycles. The summed E-state index contributed by atoms with van der Waals surface area (Å²) in [7, 11) is 0. The summed E-state index contributed by atoms with van der Waals surface area (Å²) in [4.78, 5) is 29.2. The van der Waals surface area contributed by atoms with Crippen molar-refractivity contribution >= 4 is 29.3 Å². The Morgan fingerprint density at radius 1 is 1.14 bits per heavy atom. The second kappa shape index (κ2) is 6.83. The lowest BCUT2D eigenvalue weighted by Gasteiger charge is -2.37. The Hall–Kier alpha value is -2.41. The zero-order chi connectivity index (χ0) is 20.2. The van der Waals surface area contributed by atoms with Gasteiger partial charge in [0.15, 0.2) is 16.5 Å². The van der Waals surface area contributed by atoms with Gasteiger partial charge in [-0.2, -0.15) is 0 Å². The lowest BCUT2D eigenvalue weighted by Crippen LogP contribution is -2.52. The highest BCUT2D eigenvalue weighted by atomic mass is 32.2. The number of hydrogen-bond donors (Lipinski definition) is 0. The summed E-state index contributed by atoms with van der Waals surface area (Å²) >= 11 is 1.49. The number of carbonyl (C=O) groups excluding carboxylic acids is 2. The quantitative estimate of drug-likeness (QED) is 0.761. The minimum absolute atomic E-state index is 0.00535. The summed E-state index contributed by atoms with van der Waals surface area (Å²) in [6.07, 6.45) is 2.81. The zero-order valence-electron chi connectivity index (χ0n) is 15.7. The van der Waals surface area contributed by atoms with E-state index in [0.29, 0.717) is 17.9 Å². The van der Waals surface area contributed by atoms with Crippen molar-refractivity contribution in [1.29, 1.82) is 0 Å². The Bertz CT molecular complexity index is 1010.